The van der Waals surface area contributed by atoms with Gasteiger partial charge in [0.05, 0.1) is 5.56 Å². The Hall–Kier alpha value is -2.88. The maximum Gasteiger partial charge on any atom is 0.259 e. The van der Waals surface area contributed by atoms with Gasteiger partial charge in [-0.3, -0.25) is 4.79 Å². The minimum Gasteiger partial charge on any atom is -0.322 e. The molecule has 3 rings (SSSR count). The summed E-state index contributed by atoms with van der Waals surface area (Å²) in [6.45, 7) is 3.93. The number of fused-ring (bicyclic) bond motifs is 1. The number of aryl methyl sites for hydroxylation is 2. The summed E-state index contributed by atoms with van der Waals surface area (Å²) < 4.78 is 1.92. The van der Waals surface area contributed by atoms with Crippen LogP contribution in [0.5, 0.6) is 0 Å². The summed E-state index contributed by atoms with van der Waals surface area (Å²) in [4.78, 5) is 17.0. The Kier molecular flexibility index (Phi) is 3.74. The maximum atomic E-state index is 12.5. The molecule has 0 aromatic carbocycles. The van der Waals surface area contributed by atoms with E-state index in [1.165, 1.54) is 0 Å². The number of hydrogen-bond donors (Lipinski definition) is 1. The van der Waals surface area contributed by atoms with Crippen LogP contribution in [-0.2, 0) is 0 Å². The van der Waals surface area contributed by atoms with Crippen LogP contribution in [0.2, 0.25) is 0 Å². The molecule has 110 valence electrons. The first-order valence-corrected chi connectivity index (χ1v) is 7.13. The second-order valence-corrected chi connectivity index (χ2v) is 5.17. The second-order valence-electron chi connectivity index (χ2n) is 5.17. The van der Waals surface area contributed by atoms with Crippen molar-refractivity contribution in [2.75, 3.05) is 0 Å². The lowest BCUT2D eigenvalue weighted by molar-refractivity contribution is 0.0968. The number of allylic oxidation sites excluding steroid dienone is 7. The lowest BCUT2D eigenvalue weighted by Gasteiger charge is -2.07. The summed E-state index contributed by atoms with van der Waals surface area (Å²) in [5.41, 5.74) is 3.95. The van der Waals surface area contributed by atoms with Crippen molar-refractivity contribution in [2.24, 2.45) is 0 Å². The predicted molar refractivity (Wildman–Crippen MR) is 87.6 cm³/mol. The van der Waals surface area contributed by atoms with E-state index in [4.69, 9.17) is 0 Å². The zero-order valence-corrected chi connectivity index (χ0v) is 12.6. The van der Waals surface area contributed by atoms with Gasteiger partial charge in [-0.05, 0) is 38.1 Å². The maximum absolute atomic E-state index is 12.5. The minimum atomic E-state index is -0.158. The molecular weight excluding hydrogens is 274 g/mol. The van der Waals surface area contributed by atoms with Crippen molar-refractivity contribution in [1.82, 2.24) is 14.7 Å². The van der Waals surface area contributed by atoms with Gasteiger partial charge in [-0.2, -0.15) is 0 Å². The third-order valence-corrected chi connectivity index (χ3v) is 3.44. The molecule has 0 saturated carbocycles. The van der Waals surface area contributed by atoms with Crippen LogP contribution in [0.1, 0.15) is 21.7 Å². The van der Waals surface area contributed by atoms with E-state index in [-0.39, 0.29) is 5.91 Å². The monoisotopic (exact) mass is 291 g/mol. The Morgan fingerprint density at radius 3 is 2.77 bits per heavy atom. The Morgan fingerprint density at radius 2 is 1.91 bits per heavy atom. The summed E-state index contributed by atoms with van der Waals surface area (Å²) in [7, 11) is 0. The summed E-state index contributed by atoms with van der Waals surface area (Å²) in [6, 6.07) is 3.79. The van der Waals surface area contributed by atoms with Gasteiger partial charge in [0, 0.05) is 23.3 Å². The molecule has 1 aliphatic rings. The van der Waals surface area contributed by atoms with Gasteiger partial charge in [0.25, 0.3) is 5.91 Å². The molecule has 0 unspecified atom stereocenters. The van der Waals surface area contributed by atoms with Crippen molar-refractivity contribution in [3.05, 3.63) is 83.5 Å². The molecule has 1 amide bonds. The summed E-state index contributed by atoms with van der Waals surface area (Å²) in [5, 5.41) is 2.92. The van der Waals surface area contributed by atoms with E-state index >= 15 is 0 Å². The summed E-state index contributed by atoms with van der Waals surface area (Å²) in [6.07, 6.45) is 15.1. The molecule has 0 radical (unpaired) electrons. The van der Waals surface area contributed by atoms with Crippen LogP contribution in [0.15, 0.2) is 66.6 Å². The van der Waals surface area contributed by atoms with Crippen molar-refractivity contribution < 1.29 is 4.79 Å². The first-order valence-electron chi connectivity index (χ1n) is 7.13. The van der Waals surface area contributed by atoms with Crippen molar-refractivity contribution in [2.45, 2.75) is 13.8 Å². The van der Waals surface area contributed by atoms with Crippen LogP contribution < -0.4 is 5.32 Å². The van der Waals surface area contributed by atoms with Crippen LogP contribution in [-0.4, -0.2) is 15.3 Å². The molecule has 2 heterocycles. The fourth-order valence-corrected chi connectivity index (χ4v) is 2.42. The molecule has 4 nitrogen and oxygen atoms in total. The number of hydrogen-bond acceptors (Lipinski definition) is 2. The normalized spacial score (nSPS) is 20.5. The largest absolute Gasteiger partial charge is 0.322 e. The lowest BCUT2D eigenvalue weighted by Crippen LogP contribution is -2.22. The Balaban J connectivity index is 1.93. The average Bonchev–Trinajstić information content (AvgIpc) is 2.85. The number of nitrogens with one attached hydrogen (secondary N) is 1. The number of carbonyl (C=O) groups excluding carboxylic acids is 1. The molecule has 22 heavy (non-hydrogen) atoms. The van der Waals surface area contributed by atoms with Crippen LogP contribution in [0.4, 0.5) is 0 Å². The molecule has 0 bridgehead atoms. The summed E-state index contributed by atoms with van der Waals surface area (Å²) in [5.74, 6) is -0.158. The molecule has 1 N–H and O–H groups in total. The summed E-state index contributed by atoms with van der Waals surface area (Å²) >= 11 is 0. The van der Waals surface area contributed by atoms with Crippen molar-refractivity contribution in [3.8, 4) is 0 Å². The van der Waals surface area contributed by atoms with Gasteiger partial charge >= 0.3 is 0 Å². The molecule has 2 aromatic heterocycles. The van der Waals surface area contributed by atoms with Crippen LogP contribution >= 0.6 is 0 Å². The third-order valence-electron chi connectivity index (χ3n) is 3.44. The van der Waals surface area contributed by atoms with Crippen LogP contribution in [0.3, 0.4) is 0 Å². The fraction of sp³-hybridized carbons (Fsp3) is 0.111. The first-order chi connectivity index (χ1) is 10.6. The van der Waals surface area contributed by atoms with E-state index in [9.17, 15) is 4.79 Å². The van der Waals surface area contributed by atoms with E-state index in [1.807, 2.05) is 73.0 Å². The van der Waals surface area contributed by atoms with E-state index in [1.54, 1.807) is 6.07 Å². The first kappa shape index (κ1) is 14.1. The highest BCUT2D eigenvalue weighted by atomic mass is 16.1. The predicted octanol–water partition coefficient (Wildman–Crippen LogP) is 3.25. The third kappa shape index (κ3) is 2.76. The second kappa shape index (κ2) is 5.85. The van der Waals surface area contributed by atoms with Crippen molar-refractivity contribution >= 4 is 11.6 Å². The molecular formula is C18H17N3O. The smallest absolute Gasteiger partial charge is 0.259 e. The van der Waals surface area contributed by atoms with Gasteiger partial charge < -0.3 is 9.72 Å². The Morgan fingerprint density at radius 1 is 1.14 bits per heavy atom. The van der Waals surface area contributed by atoms with Crippen molar-refractivity contribution in [1.29, 1.82) is 0 Å². The van der Waals surface area contributed by atoms with E-state index in [2.05, 4.69) is 10.3 Å². The topological polar surface area (TPSA) is 46.4 Å². The van der Waals surface area contributed by atoms with Crippen molar-refractivity contribution in [3.63, 3.8) is 0 Å². The molecule has 0 atom stereocenters. The van der Waals surface area contributed by atoms with Gasteiger partial charge in [0.1, 0.15) is 5.65 Å². The average molecular weight is 291 g/mol. The number of aromatic nitrogens is 2. The Labute approximate surface area is 129 Å². The number of carbonyl (C=O) groups is 1. The van der Waals surface area contributed by atoms with E-state index < -0.39 is 0 Å². The Bertz CT molecular complexity index is 851. The molecule has 0 spiro atoms. The van der Waals surface area contributed by atoms with Gasteiger partial charge in [0.15, 0.2) is 0 Å². The van der Waals surface area contributed by atoms with Gasteiger partial charge in [-0.25, -0.2) is 4.98 Å². The van der Waals surface area contributed by atoms with Crippen LogP contribution in [0, 0.1) is 13.8 Å². The molecule has 0 saturated heterocycles. The number of rotatable bonds is 2. The van der Waals surface area contributed by atoms with E-state index in [0.29, 0.717) is 11.2 Å². The number of nitrogens with zero attached hydrogens (tertiary/aromatic N) is 2. The highest BCUT2D eigenvalue weighted by molar-refractivity contribution is 6.01. The molecule has 2 aromatic rings. The SMILES string of the molecule is Cc1cc(C)n2ccc(C(=O)NC3=C/C=C\C=C/C=C\3)c2n1. The molecule has 0 fully saturated rings. The number of amides is 1. The van der Waals surface area contributed by atoms with Gasteiger partial charge in [-0.1, -0.05) is 30.4 Å². The van der Waals surface area contributed by atoms with Gasteiger partial charge in [0.2, 0.25) is 0 Å². The zero-order chi connectivity index (χ0) is 15.5. The quantitative estimate of drug-likeness (QED) is 0.923. The lowest BCUT2D eigenvalue weighted by atomic mass is 10.2. The molecule has 1 aliphatic carbocycles. The molecule has 4 heteroatoms. The fourth-order valence-electron chi connectivity index (χ4n) is 2.42. The minimum absolute atomic E-state index is 0.158. The molecule has 0 aliphatic heterocycles. The van der Waals surface area contributed by atoms with Crippen LogP contribution in [0.25, 0.3) is 5.65 Å². The van der Waals surface area contributed by atoms with Gasteiger partial charge in [-0.15, -0.1) is 0 Å². The highest BCUT2D eigenvalue weighted by Crippen LogP contribution is 2.14. The zero-order valence-electron chi connectivity index (χ0n) is 12.6. The highest BCUT2D eigenvalue weighted by Gasteiger charge is 2.14. The van der Waals surface area contributed by atoms with E-state index in [0.717, 1.165) is 17.1 Å². The standard InChI is InChI=1S/C18H17N3O/c1-13-12-14(2)21-11-10-16(17(21)19-13)18(22)20-15-8-6-4-3-5-7-9-15/h3-12H,1-2H3,(H,20,22)/b4-3-,5-3?,6-4?,7-5-,8-6-,9-7?,15-8?,15-9+.